The van der Waals surface area contributed by atoms with E-state index in [1.807, 2.05) is 38.1 Å². The minimum atomic E-state index is -0.442. The quantitative estimate of drug-likeness (QED) is 0.390. The van der Waals surface area contributed by atoms with E-state index >= 15 is 0 Å². The van der Waals surface area contributed by atoms with Crippen molar-refractivity contribution < 1.29 is 19.1 Å². The molecule has 4 aromatic rings. The Balaban J connectivity index is 1.64. The van der Waals surface area contributed by atoms with Gasteiger partial charge in [-0.05, 0) is 38.1 Å². The number of hydrogen-bond acceptors (Lipinski definition) is 6. The van der Waals surface area contributed by atoms with Crippen molar-refractivity contribution in [2.45, 2.75) is 13.8 Å². The van der Waals surface area contributed by atoms with Crippen LogP contribution in [0.15, 0.2) is 72.9 Å². The monoisotopic (exact) mass is 456 g/mol. The molecule has 8 heteroatoms. The topological polar surface area (TPSA) is 102 Å². The smallest absolute Gasteiger partial charge is 0.275 e. The van der Waals surface area contributed by atoms with Crippen molar-refractivity contribution in [3.05, 3.63) is 84.2 Å². The van der Waals surface area contributed by atoms with Crippen LogP contribution < -0.4 is 20.1 Å². The fraction of sp³-hybridized carbons (Fsp3) is 0.154. The van der Waals surface area contributed by atoms with Crippen LogP contribution in [0.25, 0.3) is 11.0 Å². The van der Waals surface area contributed by atoms with Gasteiger partial charge in [-0.15, -0.1) is 0 Å². The number of hydrogen-bond donors (Lipinski definition) is 2. The van der Waals surface area contributed by atoms with Crippen LogP contribution in [-0.4, -0.2) is 35.0 Å². The highest BCUT2D eigenvalue weighted by atomic mass is 16.5. The minimum Gasteiger partial charge on any atom is -0.492 e. The van der Waals surface area contributed by atoms with E-state index in [0.717, 1.165) is 0 Å². The molecule has 0 spiro atoms. The molecule has 0 unspecified atom stereocenters. The van der Waals surface area contributed by atoms with Crippen LogP contribution in [0.1, 0.15) is 34.7 Å². The molecule has 2 amide bonds. The van der Waals surface area contributed by atoms with Gasteiger partial charge in [-0.1, -0.05) is 30.3 Å². The molecule has 0 aliphatic carbocycles. The summed E-state index contributed by atoms with van der Waals surface area (Å²) in [5.74, 6) is 0.0569. The standard InChI is InChI=1S/C26H24N4O4/c1-3-33-23-15-21(30-26(32)22-16-27-18-12-8-9-13-19(18)28-22)24(34-4-2)14-20(23)29-25(31)17-10-6-5-7-11-17/h5-16H,3-4H2,1-2H3,(H,29,31)(H,30,32). The third kappa shape index (κ3) is 5.12. The van der Waals surface area contributed by atoms with Crippen molar-refractivity contribution in [3.8, 4) is 11.5 Å². The number of benzene rings is 3. The fourth-order valence-electron chi connectivity index (χ4n) is 3.34. The van der Waals surface area contributed by atoms with E-state index in [0.29, 0.717) is 52.7 Å². The first-order valence-corrected chi connectivity index (χ1v) is 10.9. The highest BCUT2D eigenvalue weighted by Crippen LogP contribution is 2.37. The van der Waals surface area contributed by atoms with Crippen LogP contribution in [0.4, 0.5) is 11.4 Å². The van der Waals surface area contributed by atoms with Gasteiger partial charge < -0.3 is 20.1 Å². The molecule has 1 heterocycles. The molecule has 0 radical (unpaired) electrons. The van der Waals surface area contributed by atoms with Crippen LogP contribution >= 0.6 is 0 Å². The van der Waals surface area contributed by atoms with Crippen molar-refractivity contribution in [1.82, 2.24) is 9.97 Å². The van der Waals surface area contributed by atoms with Crippen LogP contribution in [0.5, 0.6) is 11.5 Å². The Bertz CT molecular complexity index is 1330. The third-order valence-electron chi connectivity index (χ3n) is 4.90. The fourth-order valence-corrected chi connectivity index (χ4v) is 3.34. The highest BCUT2D eigenvalue weighted by molar-refractivity contribution is 6.07. The second-order valence-corrected chi connectivity index (χ2v) is 7.23. The van der Waals surface area contributed by atoms with Gasteiger partial charge in [0.2, 0.25) is 0 Å². The van der Waals surface area contributed by atoms with E-state index in [-0.39, 0.29) is 11.6 Å². The lowest BCUT2D eigenvalue weighted by Gasteiger charge is -2.18. The van der Waals surface area contributed by atoms with E-state index in [1.165, 1.54) is 6.20 Å². The first-order valence-electron chi connectivity index (χ1n) is 10.9. The predicted molar refractivity (Wildman–Crippen MR) is 131 cm³/mol. The molecule has 0 fully saturated rings. The lowest BCUT2D eigenvalue weighted by atomic mass is 10.2. The number of fused-ring (bicyclic) bond motifs is 1. The van der Waals surface area contributed by atoms with Crippen LogP contribution in [0, 0.1) is 0 Å². The summed E-state index contributed by atoms with van der Waals surface area (Å²) in [5.41, 5.74) is 2.82. The van der Waals surface area contributed by atoms with Gasteiger partial charge in [0.05, 0.1) is 41.8 Å². The molecule has 0 aliphatic rings. The number of anilines is 2. The maximum atomic E-state index is 13.0. The number of aromatic nitrogens is 2. The molecule has 2 N–H and O–H groups in total. The molecule has 4 rings (SSSR count). The molecule has 0 bridgehead atoms. The Kier molecular flexibility index (Phi) is 6.98. The molecule has 8 nitrogen and oxygen atoms in total. The maximum absolute atomic E-state index is 13.0. The Morgan fingerprint density at radius 2 is 1.32 bits per heavy atom. The van der Waals surface area contributed by atoms with Gasteiger partial charge in [0.25, 0.3) is 11.8 Å². The van der Waals surface area contributed by atoms with Gasteiger partial charge in [0.15, 0.2) is 0 Å². The van der Waals surface area contributed by atoms with Crippen LogP contribution in [0.3, 0.4) is 0 Å². The Labute approximate surface area is 197 Å². The van der Waals surface area contributed by atoms with E-state index < -0.39 is 5.91 Å². The Morgan fingerprint density at radius 1 is 0.765 bits per heavy atom. The Morgan fingerprint density at radius 3 is 1.94 bits per heavy atom. The number of nitrogens with zero attached hydrogens (tertiary/aromatic N) is 2. The number of rotatable bonds is 8. The summed E-state index contributed by atoms with van der Waals surface area (Å²) < 4.78 is 11.5. The molecule has 172 valence electrons. The number of nitrogens with one attached hydrogen (secondary N) is 2. The molecule has 0 aliphatic heterocycles. The Hall–Kier alpha value is -4.46. The van der Waals surface area contributed by atoms with E-state index in [9.17, 15) is 9.59 Å². The van der Waals surface area contributed by atoms with Gasteiger partial charge in [-0.2, -0.15) is 0 Å². The average Bonchev–Trinajstić information content (AvgIpc) is 2.86. The SMILES string of the molecule is CCOc1cc(NC(=O)c2cnc3ccccc3n2)c(OCC)cc1NC(=O)c1ccccc1. The zero-order chi connectivity index (χ0) is 23.9. The number of carbonyl (C=O) groups excluding carboxylic acids is 2. The number of amides is 2. The summed E-state index contributed by atoms with van der Waals surface area (Å²) in [6, 6.07) is 19.4. The summed E-state index contributed by atoms with van der Waals surface area (Å²) in [4.78, 5) is 34.3. The second-order valence-electron chi connectivity index (χ2n) is 7.23. The first kappa shape index (κ1) is 22.7. The van der Waals surface area contributed by atoms with E-state index in [1.54, 1.807) is 42.5 Å². The van der Waals surface area contributed by atoms with Gasteiger partial charge in [-0.25, -0.2) is 4.98 Å². The summed E-state index contributed by atoms with van der Waals surface area (Å²) in [6.45, 7) is 4.39. The summed E-state index contributed by atoms with van der Waals surface area (Å²) >= 11 is 0. The lowest BCUT2D eigenvalue weighted by molar-refractivity contribution is 0.101. The number of para-hydroxylation sites is 2. The molecule has 34 heavy (non-hydrogen) atoms. The van der Waals surface area contributed by atoms with Crippen molar-refractivity contribution >= 4 is 34.2 Å². The molecule has 0 saturated carbocycles. The second kappa shape index (κ2) is 10.4. The average molecular weight is 457 g/mol. The molecular weight excluding hydrogens is 432 g/mol. The van der Waals surface area contributed by atoms with Crippen LogP contribution in [0.2, 0.25) is 0 Å². The van der Waals surface area contributed by atoms with Crippen LogP contribution in [-0.2, 0) is 0 Å². The van der Waals surface area contributed by atoms with E-state index in [2.05, 4.69) is 20.6 Å². The summed E-state index contributed by atoms with van der Waals surface area (Å²) in [6.07, 6.45) is 1.43. The molecule has 0 saturated heterocycles. The molecular formula is C26H24N4O4. The summed E-state index contributed by atoms with van der Waals surface area (Å²) in [5, 5.41) is 5.69. The highest BCUT2D eigenvalue weighted by Gasteiger charge is 2.18. The van der Waals surface area contributed by atoms with Crippen molar-refractivity contribution in [3.63, 3.8) is 0 Å². The largest absolute Gasteiger partial charge is 0.492 e. The van der Waals surface area contributed by atoms with Gasteiger partial charge >= 0.3 is 0 Å². The zero-order valence-corrected chi connectivity index (χ0v) is 18.9. The molecule has 1 aromatic heterocycles. The van der Waals surface area contributed by atoms with Crippen molar-refractivity contribution in [2.24, 2.45) is 0 Å². The maximum Gasteiger partial charge on any atom is 0.275 e. The van der Waals surface area contributed by atoms with Gasteiger partial charge in [-0.3, -0.25) is 14.6 Å². The minimum absolute atomic E-state index is 0.167. The molecule has 3 aromatic carbocycles. The number of carbonyl (C=O) groups is 2. The van der Waals surface area contributed by atoms with E-state index in [4.69, 9.17) is 9.47 Å². The van der Waals surface area contributed by atoms with Gasteiger partial charge in [0, 0.05) is 17.7 Å². The number of ether oxygens (including phenoxy) is 2. The lowest BCUT2D eigenvalue weighted by Crippen LogP contribution is -2.16. The first-order chi connectivity index (χ1) is 16.6. The van der Waals surface area contributed by atoms with Crippen molar-refractivity contribution in [1.29, 1.82) is 0 Å². The summed E-state index contributed by atoms with van der Waals surface area (Å²) in [7, 11) is 0. The van der Waals surface area contributed by atoms with Crippen molar-refractivity contribution in [2.75, 3.05) is 23.8 Å². The third-order valence-corrected chi connectivity index (χ3v) is 4.90. The van der Waals surface area contributed by atoms with Gasteiger partial charge in [0.1, 0.15) is 17.2 Å². The molecule has 0 atom stereocenters. The zero-order valence-electron chi connectivity index (χ0n) is 18.9. The predicted octanol–water partition coefficient (Wildman–Crippen LogP) is 4.93. The normalized spacial score (nSPS) is 10.5.